The molecule has 0 amide bonds. The van der Waals surface area contributed by atoms with Crippen LogP contribution in [0.25, 0.3) is 0 Å². The van der Waals surface area contributed by atoms with E-state index >= 15 is 0 Å². The lowest BCUT2D eigenvalue weighted by atomic mass is 9.97. The summed E-state index contributed by atoms with van der Waals surface area (Å²) < 4.78 is 0. The second-order valence-corrected chi connectivity index (χ2v) is 5.62. The lowest BCUT2D eigenvalue weighted by molar-refractivity contribution is 0.104. The normalized spacial score (nSPS) is 19.1. The fourth-order valence-electron chi connectivity index (χ4n) is 2.76. The van der Waals surface area contributed by atoms with E-state index in [1.165, 1.54) is 30.4 Å². The molecule has 1 unspecified atom stereocenters. The van der Waals surface area contributed by atoms with Gasteiger partial charge in [0.25, 0.3) is 0 Å². The summed E-state index contributed by atoms with van der Waals surface area (Å²) in [6, 6.07) is 8.96. The van der Waals surface area contributed by atoms with Crippen molar-refractivity contribution in [2.45, 2.75) is 45.1 Å². The topological polar surface area (TPSA) is 23.5 Å². The van der Waals surface area contributed by atoms with Gasteiger partial charge in [0.15, 0.2) is 0 Å². The highest BCUT2D eigenvalue weighted by Crippen LogP contribution is 2.25. The Morgan fingerprint density at radius 3 is 2.06 bits per heavy atom. The van der Waals surface area contributed by atoms with Crippen LogP contribution in [0, 0.1) is 0 Å². The van der Waals surface area contributed by atoms with Gasteiger partial charge in [0.05, 0.1) is 12.6 Å². The molecule has 0 aliphatic carbocycles. The summed E-state index contributed by atoms with van der Waals surface area (Å²) in [6.07, 6.45) is 3.86. The van der Waals surface area contributed by atoms with Crippen LogP contribution in [-0.2, 0) is 0 Å². The van der Waals surface area contributed by atoms with Gasteiger partial charge in [-0.3, -0.25) is 4.90 Å². The Labute approximate surface area is 111 Å². The van der Waals surface area contributed by atoms with Gasteiger partial charge >= 0.3 is 0 Å². The van der Waals surface area contributed by atoms with Crippen LogP contribution in [0.2, 0.25) is 0 Å². The minimum atomic E-state index is 0.187. The average Bonchev–Trinajstić information content (AvgIpc) is 2.41. The minimum absolute atomic E-state index is 0.187. The van der Waals surface area contributed by atoms with Crippen molar-refractivity contribution in [3.63, 3.8) is 0 Å². The van der Waals surface area contributed by atoms with E-state index in [1.54, 1.807) is 0 Å². The average molecular weight is 247 g/mol. The van der Waals surface area contributed by atoms with Gasteiger partial charge in [-0.05, 0) is 43.0 Å². The Morgan fingerprint density at radius 2 is 1.56 bits per heavy atom. The molecule has 2 heteroatoms. The molecular formula is C16H25NO. The summed E-state index contributed by atoms with van der Waals surface area (Å²) in [5.41, 5.74) is 2.62. The molecule has 18 heavy (non-hydrogen) atoms. The molecule has 2 nitrogen and oxygen atoms in total. The molecule has 1 N–H and O–H groups in total. The molecule has 0 spiro atoms. The lowest BCUT2D eigenvalue weighted by Crippen LogP contribution is -2.35. The Hall–Kier alpha value is -0.860. The third-order valence-electron chi connectivity index (χ3n) is 3.99. The molecule has 0 bridgehead atoms. The molecule has 1 aliphatic rings. The summed E-state index contributed by atoms with van der Waals surface area (Å²) in [4.78, 5) is 2.42. The standard InChI is InChI=1S/C16H25NO/c1-13(2)14-6-8-15(9-7-14)16(12-18)17-10-4-3-5-11-17/h6-9,13,16,18H,3-5,10-12H2,1-2H3. The van der Waals surface area contributed by atoms with Crippen LogP contribution in [0.3, 0.4) is 0 Å². The number of hydrogen-bond acceptors (Lipinski definition) is 2. The number of likely N-dealkylation sites (tertiary alicyclic amines) is 1. The predicted octanol–water partition coefficient (Wildman–Crippen LogP) is 3.33. The van der Waals surface area contributed by atoms with Crippen LogP contribution >= 0.6 is 0 Å². The van der Waals surface area contributed by atoms with Gasteiger partial charge in [-0.2, -0.15) is 0 Å². The van der Waals surface area contributed by atoms with Crippen molar-refractivity contribution in [1.29, 1.82) is 0 Å². The second kappa shape index (κ2) is 6.35. The van der Waals surface area contributed by atoms with Crippen LogP contribution in [0.15, 0.2) is 24.3 Å². The number of hydrogen-bond donors (Lipinski definition) is 1. The highest BCUT2D eigenvalue weighted by molar-refractivity contribution is 5.27. The van der Waals surface area contributed by atoms with Crippen molar-refractivity contribution in [1.82, 2.24) is 4.90 Å². The van der Waals surface area contributed by atoms with Crippen molar-refractivity contribution in [2.75, 3.05) is 19.7 Å². The molecule has 0 saturated carbocycles. The largest absolute Gasteiger partial charge is 0.394 e. The highest BCUT2D eigenvalue weighted by Gasteiger charge is 2.21. The Kier molecular flexibility index (Phi) is 4.79. The Balaban J connectivity index is 2.11. The van der Waals surface area contributed by atoms with Crippen molar-refractivity contribution in [2.24, 2.45) is 0 Å². The second-order valence-electron chi connectivity index (χ2n) is 5.62. The quantitative estimate of drug-likeness (QED) is 0.882. The maximum absolute atomic E-state index is 9.67. The van der Waals surface area contributed by atoms with E-state index in [-0.39, 0.29) is 12.6 Å². The smallest absolute Gasteiger partial charge is 0.0628 e. The summed E-state index contributed by atoms with van der Waals surface area (Å²) in [5.74, 6) is 0.571. The number of aliphatic hydroxyl groups is 1. The van der Waals surface area contributed by atoms with E-state index in [9.17, 15) is 5.11 Å². The van der Waals surface area contributed by atoms with Gasteiger partial charge in [-0.1, -0.05) is 44.5 Å². The number of benzene rings is 1. The van der Waals surface area contributed by atoms with Crippen LogP contribution in [0.5, 0.6) is 0 Å². The van der Waals surface area contributed by atoms with Gasteiger partial charge in [0, 0.05) is 0 Å². The zero-order chi connectivity index (χ0) is 13.0. The fourth-order valence-corrected chi connectivity index (χ4v) is 2.76. The van der Waals surface area contributed by atoms with Crippen molar-refractivity contribution in [3.05, 3.63) is 35.4 Å². The predicted molar refractivity (Wildman–Crippen MR) is 75.8 cm³/mol. The maximum Gasteiger partial charge on any atom is 0.0628 e. The van der Waals surface area contributed by atoms with Crippen molar-refractivity contribution < 1.29 is 5.11 Å². The molecule has 0 aromatic heterocycles. The van der Waals surface area contributed by atoms with Crippen LogP contribution < -0.4 is 0 Å². The molecule has 0 radical (unpaired) electrons. The molecule has 1 aromatic rings. The van der Waals surface area contributed by atoms with E-state index in [2.05, 4.69) is 43.0 Å². The SMILES string of the molecule is CC(C)c1ccc(C(CO)N2CCCCC2)cc1. The van der Waals surface area contributed by atoms with E-state index in [0.29, 0.717) is 5.92 Å². The number of aliphatic hydroxyl groups excluding tert-OH is 1. The Bertz CT molecular complexity index is 352. The molecule has 1 aliphatic heterocycles. The summed E-state index contributed by atoms with van der Waals surface area (Å²) in [7, 11) is 0. The van der Waals surface area contributed by atoms with Gasteiger partial charge in [0.1, 0.15) is 0 Å². The van der Waals surface area contributed by atoms with Gasteiger partial charge in [-0.25, -0.2) is 0 Å². The molecule has 1 heterocycles. The van der Waals surface area contributed by atoms with Gasteiger partial charge in [0.2, 0.25) is 0 Å². The fraction of sp³-hybridized carbons (Fsp3) is 0.625. The minimum Gasteiger partial charge on any atom is -0.394 e. The van der Waals surface area contributed by atoms with Crippen molar-refractivity contribution >= 4 is 0 Å². The first-order valence-corrected chi connectivity index (χ1v) is 7.17. The summed E-state index contributed by atoms with van der Waals surface area (Å²) in [6.45, 7) is 6.89. The molecule has 100 valence electrons. The third kappa shape index (κ3) is 3.12. The molecule has 2 rings (SSSR count). The number of nitrogens with zero attached hydrogens (tertiary/aromatic N) is 1. The van der Waals surface area contributed by atoms with Crippen LogP contribution in [0.1, 0.15) is 56.2 Å². The molecule has 1 aromatic carbocycles. The van der Waals surface area contributed by atoms with E-state index in [0.717, 1.165) is 13.1 Å². The molecule has 1 fully saturated rings. The molecular weight excluding hydrogens is 222 g/mol. The first-order chi connectivity index (χ1) is 8.72. The molecule has 1 atom stereocenters. The van der Waals surface area contributed by atoms with Crippen LogP contribution in [-0.4, -0.2) is 29.7 Å². The zero-order valence-electron chi connectivity index (χ0n) is 11.6. The third-order valence-corrected chi connectivity index (χ3v) is 3.99. The first kappa shape index (κ1) is 13.6. The van der Waals surface area contributed by atoms with Gasteiger partial charge < -0.3 is 5.11 Å². The summed E-state index contributed by atoms with van der Waals surface area (Å²) in [5, 5.41) is 9.67. The zero-order valence-corrected chi connectivity index (χ0v) is 11.6. The van der Waals surface area contributed by atoms with E-state index in [4.69, 9.17) is 0 Å². The number of piperidine rings is 1. The van der Waals surface area contributed by atoms with Crippen molar-refractivity contribution in [3.8, 4) is 0 Å². The summed E-state index contributed by atoms with van der Waals surface area (Å²) >= 11 is 0. The van der Waals surface area contributed by atoms with Crippen LogP contribution in [0.4, 0.5) is 0 Å². The number of rotatable bonds is 4. The lowest BCUT2D eigenvalue weighted by Gasteiger charge is -2.33. The van der Waals surface area contributed by atoms with Gasteiger partial charge in [-0.15, -0.1) is 0 Å². The first-order valence-electron chi connectivity index (χ1n) is 7.17. The molecule has 1 saturated heterocycles. The highest BCUT2D eigenvalue weighted by atomic mass is 16.3. The van der Waals surface area contributed by atoms with E-state index in [1.807, 2.05) is 0 Å². The maximum atomic E-state index is 9.67. The Morgan fingerprint density at radius 1 is 1.00 bits per heavy atom. The van der Waals surface area contributed by atoms with E-state index < -0.39 is 0 Å². The monoisotopic (exact) mass is 247 g/mol.